The van der Waals surface area contributed by atoms with Crippen molar-refractivity contribution in [1.82, 2.24) is 15.2 Å². The molecule has 3 rings (SSSR count). The molecule has 1 aliphatic heterocycles. The van der Waals surface area contributed by atoms with Crippen molar-refractivity contribution in [2.45, 2.75) is 26.9 Å². The number of morpholine rings is 1. The molecule has 1 N–H and O–H groups in total. The van der Waals surface area contributed by atoms with Gasteiger partial charge in [-0.25, -0.2) is 4.98 Å². The predicted octanol–water partition coefficient (Wildman–Crippen LogP) is 2.52. The molecule has 0 unspecified atom stereocenters. The first-order valence-electron chi connectivity index (χ1n) is 8.20. The van der Waals surface area contributed by atoms with Gasteiger partial charge in [-0.15, -0.1) is 11.3 Å². The maximum atomic E-state index is 12.2. The highest BCUT2D eigenvalue weighted by molar-refractivity contribution is 7.09. The summed E-state index contributed by atoms with van der Waals surface area (Å²) in [6.07, 6.45) is 0. The van der Waals surface area contributed by atoms with Crippen molar-refractivity contribution in [3.63, 3.8) is 0 Å². The number of thiazole rings is 1. The highest BCUT2D eigenvalue weighted by Crippen LogP contribution is 2.14. The van der Waals surface area contributed by atoms with Gasteiger partial charge in [0.15, 0.2) is 0 Å². The normalized spacial score (nSPS) is 15.4. The molecule has 2 heterocycles. The average molecular weight is 345 g/mol. The number of ether oxygens (including phenoxy) is 1. The Morgan fingerprint density at radius 1 is 1.29 bits per heavy atom. The Labute approximate surface area is 146 Å². The Morgan fingerprint density at radius 3 is 2.83 bits per heavy atom. The van der Waals surface area contributed by atoms with E-state index in [0.717, 1.165) is 49.1 Å². The highest BCUT2D eigenvalue weighted by Gasteiger charge is 2.13. The molecule has 1 aromatic heterocycles. The van der Waals surface area contributed by atoms with E-state index in [2.05, 4.69) is 20.6 Å². The summed E-state index contributed by atoms with van der Waals surface area (Å²) in [7, 11) is 0. The third-order valence-corrected chi connectivity index (χ3v) is 5.16. The number of nitrogens with one attached hydrogen (secondary N) is 1. The molecule has 0 radical (unpaired) electrons. The number of carbonyl (C=O) groups excluding carboxylic acids is 1. The fourth-order valence-corrected chi connectivity index (χ4v) is 3.36. The maximum absolute atomic E-state index is 12.2. The molecule has 6 heteroatoms. The van der Waals surface area contributed by atoms with Crippen LogP contribution in [-0.4, -0.2) is 42.1 Å². The number of benzene rings is 1. The van der Waals surface area contributed by atoms with Crippen LogP contribution in [0.1, 0.15) is 32.2 Å². The minimum Gasteiger partial charge on any atom is -0.379 e. The lowest BCUT2D eigenvalue weighted by atomic mass is 10.1. The lowest BCUT2D eigenvalue weighted by Gasteiger charge is -2.25. The van der Waals surface area contributed by atoms with E-state index >= 15 is 0 Å². The predicted molar refractivity (Wildman–Crippen MR) is 95.3 cm³/mol. The molecule has 0 saturated carbocycles. The summed E-state index contributed by atoms with van der Waals surface area (Å²) >= 11 is 1.60. The van der Waals surface area contributed by atoms with Crippen molar-refractivity contribution in [3.8, 4) is 0 Å². The first-order valence-corrected chi connectivity index (χ1v) is 9.08. The van der Waals surface area contributed by atoms with Crippen molar-refractivity contribution in [3.05, 3.63) is 51.0 Å². The quantitative estimate of drug-likeness (QED) is 0.905. The van der Waals surface area contributed by atoms with Crippen LogP contribution in [0.15, 0.2) is 23.6 Å². The second-order valence-corrected chi connectivity index (χ2v) is 7.05. The number of hydrogen-bond acceptors (Lipinski definition) is 5. The summed E-state index contributed by atoms with van der Waals surface area (Å²) in [5.41, 5.74) is 4.09. The van der Waals surface area contributed by atoms with Crippen LogP contribution in [0.2, 0.25) is 0 Å². The van der Waals surface area contributed by atoms with Crippen molar-refractivity contribution >= 4 is 17.2 Å². The Bertz CT molecular complexity index is 708. The van der Waals surface area contributed by atoms with Crippen molar-refractivity contribution < 1.29 is 9.53 Å². The van der Waals surface area contributed by atoms with Crippen LogP contribution < -0.4 is 5.32 Å². The minimum atomic E-state index is -0.0528. The molecule has 0 atom stereocenters. The van der Waals surface area contributed by atoms with E-state index in [0.29, 0.717) is 12.1 Å². The van der Waals surface area contributed by atoms with E-state index in [1.807, 2.05) is 32.0 Å². The van der Waals surface area contributed by atoms with Gasteiger partial charge in [0.05, 0.1) is 25.5 Å². The fraction of sp³-hybridized carbons (Fsp3) is 0.444. The van der Waals surface area contributed by atoms with Gasteiger partial charge in [0.25, 0.3) is 5.91 Å². The molecule has 1 saturated heterocycles. The van der Waals surface area contributed by atoms with Crippen LogP contribution in [0.5, 0.6) is 0 Å². The molecule has 1 aliphatic rings. The number of hydrogen-bond donors (Lipinski definition) is 1. The van der Waals surface area contributed by atoms with Crippen LogP contribution >= 0.6 is 11.3 Å². The zero-order valence-corrected chi connectivity index (χ0v) is 15.0. The van der Waals surface area contributed by atoms with Gasteiger partial charge in [-0.05, 0) is 37.1 Å². The summed E-state index contributed by atoms with van der Waals surface area (Å²) in [4.78, 5) is 19.2. The molecule has 128 valence electrons. The Balaban J connectivity index is 1.52. The summed E-state index contributed by atoms with van der Waals surface area (Å²) in [6.45, 7) is 8.89. The molecule has 1 amide bonds. The van der Waals surface area contributed by atoms with Gasteiger partial charge >= 0.3 is 0 Å². The molecule has 24 heavy (non-hydrogen) atoms. The largest absolute Gasteiger partial charge is 0.379 e. The molecule has 0 bridgehead atoms. The van der Waals surface area contributed by atoms with E-state index < -0.39 is 0 Å². The molecular weight excluding hydrogens is 322 g/mol. The standard InChI is InChI=1S/C18H23N3O2S/c1-13-3-4-15(9-14(13)2)18(22)19-10-17-20-16(12-24-17)11-21-5-7-23-8-6-21/h3-4,9,12H,5-8,10-11H2,1-2H3,(H,19,22). The molecule has 1 fully saturated rings. The van der Waals surface area contributed by atoms with Crippen molar-refractivity contribution in [2.24, 2.45) is 0 Å². The third-order valence-electron chi connectivity index (χ3n) is 4.26. The zero-order valence-electron chi connectivity index (χ0n) is 14.2. The molecule has 5 nitrogen and oxygen atoms in total. The molecule has 0 spiro atoms. The van der Waals surface area contributed by atoms with Crippen molar-refractivity contribution in [1.29, 1.82) is 0 Å². The summed E-state index contributed by atoms with van der Waals surface area (Å²) in [5, 5.41) is 5.97. The second kappa shape index (κ2) is 7.88. The summed E-state index contributed by atoms with van der Waals surface area (Å²) in [6, 6.07) is 5.77. The van der Waals surface area contributed by atoms with E-state index in [-0.39, 0.29) is 5.91 Å². The van der Waals surface area contributed by atoms with E-state index in [1.165, 1.54) is 5.56 Å². The Morgan fingerprint density at radius 2 is 2.08 bits per heavy atom. The average Bonchev–Trinajstić information content (AvgIpc) is 3.03. The number of aromatic nitrogens is 1. The lowest BCUT2D eigenvalue weighted by molar-refractivity contribution is 0.0337. The van der Waals surface area contributed by atoms with Crippen molar-refractivity contribution in [2.75, 3.05) is 26.3 Å². The summed E-state index contributed by atoms with van der Waals surface area (Å²) in [5.74, 6) is -0.0528. The molecule has 0 aliphatic carbocycles. The van der Waals surface area contributed by atoms with Crippen LogP contribution in [-0.2, 0) is 17.8 Å². The van der Waals surface area contributed by atoms with E-state index in [9.17, 15) is 4.79 Å². The molecule has 2 aromatic rings. The smallest absolute Gasteiger partial charge is 0.251 e. The van der Waals surface area contributed by atoms with Crippen LogP contribution in [0.4, 0.5) is 0 Å². The molecular formula is C18H23N3O2S. The maximum Gasteiger partial charge on any atom is 0.251 e. The van der Waals surface area contributed by atoms with Crippen LogP contribution in [0.3, 0.4) is 0 Å². The van der Waals surface area contributed by atoms with E-state index in [4.69, 9.17) is 4.74 Å². The fourth-order valence-electron chi connectivity index (χ4n) is 2.63. The van der Waals surface area contributed by atoms with Gasteiger partial charge in [-0.1, -0.05) is 6.07 Å². The van der Waals surface area contributed by atoms with E-state index in [1.54, 1.807) is 11.3 Å². The first-order chi connectivity index (χ1) is 11.6. The Hall–Kier alpha value is -1.76. The van der Waals surface area contributed by atoms with Gasteiger partial charge in [0, 0.05) is 30.6 Å². The number of carbonyl (C=O) groups is 1. The lowest BCUT2D eigenvalue weighted by Crippen LogP contribution is -2.35. The zero-order chi connectivity index (χ0) is 16.9. The monoisotopic (exact) mass is 345 g/mol. The number of amides is 1. The third kappa shape index (κ3) is 4.41. The van der Waals surface area contributed by atoms with Crippen LogP contribution in [0.25, 0.3) is 0 Å². The van der Waals surface area contributed by atoms with Gasteiger partial charge in [0.1, 0.15) is 5.01 Å². The SMILES string of the molecule is Cc1ccc(C(=O)NCc2nc(CN3CCOCC3)cs2)cc1C. The summed E-state index contributed by atoms with van der Waals surface area (Å²) < 4.78 is 5.36. The highest BCUT2D eigenvalue weighted by atomic mass is 32.1. The Kier molecular flexibility index (Phi) is 5.60. The number of nitrogens with zero attached hydrogens (tertiary/aromatic N) is 2. The minimum absolute atomic E-state index is 0.0528. The van der Waals surface area contributed by atoms with Gasteiger partial charge in [-0.3, -0.25) is 9.69 Å². The van der Waals surface area contributed by atoms with Crippen LogP contribution in [0, 0.1) is 13.8 Å². The second-order valence-electron chi connectivity index (χ2n) is 6.10. The topological polar surface area (TPSA) is 54.5 Å². The van der Waals surface area contributed by atoms with Gasteiger partial charge in [0.2, 0.25) is 0 Å². The number of aryl methyl sites for hydroxylation is 2. The van der Waals surface area contributed by atoms with Gasteiger partial charge < -0.3 is 10.1 Å². The molecule has 1 aromatic carbocycles. The number of rotatable bonds is 5. The first kappa shape index (κ1) is 17.1. The van der Waals surface area contributed by atoms with Gasteiger partial charge in [-0.2, -0.15) is 0 Å².